The zero-order chi connectivity index (χ0) is 16.6. The maximum absolute atomic E-state index is 12.2. The maximum atomic E-state index is 12.2. The van der Waals surface area contributed by atoms with Crippen LogP contribution in [0.25, 0.3) is 11.0 Å². The summed E-state index contributed by atoms with van der Waals surface area (Å²) in [5, 5.41) is 12.7. The van der Waals surface area contributed by atoms with E-state index in [-0.39, 0.29) is 12.3 Å². The Kier molecular flexibility index (Phi) is 4.11. The Morgan fingerprint density at radius 2 is 1.96 bits per heavy atom. The van der Waals surface area contributed by atoms with E-state index in [0.29, 0.717) is 0 Å². The SMILES string of the molecule is CC(NC(=O)Cc1coc2cc3c(cc12)CCC3)C(C)C(=O)O. The number of hydrogen-bond acceptors (Lipinski definition) is 3. The first-order valence-corrected chi connectivity index (χ1v) is 7.99. The number of nitrogens with one attached hydrogen (secondary N) is 1. The molecule has 1 aliphatic carbocycles. The molecule has 1 amide bonds. The Morgan fingerprint density at radius 3 is 2.65 bits per heavy atom. The minimum atomic E-state index is -0.915. The van der Waals surface area contributed by atoms with Gasteiger partial charge in [-0.25, -0.2) is 0 Å². The number of benzene rings is 1. The molecule has 1 heterocycles. The first-order valence-electron chi connectivity index (χ1n) is 7.99. The molecule has 23 heavy (non-hydrogen) atoms. The van der Waals surface area contributed by atoms with Crippen molar-refractivity contribution in [2.75, 3.05) is 0 Å². The molecule has 1 aromatic heterocycles. The Hall–Kier alpha value is -2.30. The molecule has 0 saturated carbocycles. The highest BCUT2D eigenvalue weighted by molar-refractivity contribution is 5.89. The summed E-state index contributed by atoms with van der Waals surface area (Å²) in [4.78, 5) is 23.1. The molecule has 2 aromatic rings. The van der Waals surface area contributed by atoms with Crippen LogP contribution in [0.2, 0.25) is 0 Å². The fraction of sp³-hybridized carbons (Fsp3) is 0.444. The number of furan rings is 1. The molecule has 0 bridgehead atoms. The number of carbonyl (C=O) groups is 2. The van der Waals surface area contributed by atoms with E-state index in [9.17, 15) is 9.59 Å². The van der Waals surface area contributed by atoms with Gasteiger partial charge < -0.3 is 14.8 Å². The minimum Gasteiger partial charge on any atom is -0.481 e. The van der Waals surface area contributed by atoms with E-state index in [2.05, 4.69) is 17.4 Å². The van der Waals surface area contributed by atoms with Crippen LogP contribution in [0.5, 0.6) is 0 Å². The van der Waals surface area contributed by atoms with Gasteiger partial charge in [0, 0.05) is 17.0 Å². The van der Waals surface area contributed by atoms with Crippen LogP contribution in [0.1, 0.15) is 37.0 Å². The number of aliphatic carboxylic acids is 1. The van der Waals surface area contributed by atoms with Crippen LogP contribution >= 0.6 is 0 Å². The van der Waals surface area contributed by atoms with E-state index in [1.165, 1.54) is 17.5 Å². The number of carboxylic acids is 1. The molecular formula is C18H21NO4. The fourth-order valence-electron chi connectivity index (χ4n) is 3.10. The molecule has 0 aliphatic heterocycles. The lowest BCUT2D eigenvalue weighted by molar-refractivity contribution is -0.142. The summed E-state index contributed by atoms with van der Waals surface area (Å²) in [5.74, 6) is -1.72. The second-order valence-electron chi connectivity index (χ2n) is 6.39. The third kappa shape index (κ3) is 3.09. The van der Waals surface area contributed by atoms with Crippen LogP contribution in [0.4, 0.5) is 0 Å². The van der Waals surface area contributed by atoms with Crippen molar-refractivity contribution in [1.29, 1.82) is 0 Å². The standard InChI is InChI=1S/C18H21NO4/c1-10(18(21)22)11(2)19-17(20)8-14-9-23-16-7-13-5-3-4-12(13)6-15(14)16/h6-7,9-11H,3-5,8H2,1-2H3,(H,19,20)(H,21,22). The smallest absolute Gasteiger partial charge is 0.308 e. The zero-order valence-corrected chi connectivity index (χ0v) is 13.4. The highest BCUT2D eigenvalue weighted by atomic mass is 16.4. The molecule has 2 unspecified atom stereocenters. The molecule has 3 rings (SSSR count). The Balaban J connectivity index is 1.74. The van der Waals surface area contributed by atoms with Crippen LogP contribution in [0.3, 0.4) is 0 Å². The van der Waals surface area contributed by atoms with Crippen molar-refractivity contribution in [2.45, 2.75) is 45.6 Å². The Labute approximate surface area is 134 Å². The second kappa shape index (κ2) is 6.07. The number of fused-ring (bicyclic) bond motifs is 2. The second-order valence-corrected chi connectivity index (χ2v) is 6.39. The van der Waals surface area contributed by atoms with Crippen molar-refractivity contribution in [2.24, 2.45) is 5.92 Å². The van der Waals surface area contributed by atoms with E-state index in [4.69, 9.17) is 9.52 Å². The van der Waals surface area contributed by atoms with E-state index < -0.39 is 17.9 Å². The molecule has 5 nitrogen and oxygen atoms in total. The topological polar surface area (TPSA) is 79.5 Å². The average molecular weight is 315 g/mol. The summed E-state index contributed by atoms with van der Waals surface area (Å²) in [5.41, 5.74) is 4.35. The summed E-state index contributed by atoms with van der Waals surface area (Å²) in [7, 11) is 0. The summed E-state index contributed by atoms with van der Waals surface area (Å²) >= 11 is 0. The van der Waals surface area contributed by atoms with Gasteiger partial charge in [0.1, 0.15) is 5.58 Å². The van der Waals surface area contributed by atoms with Crippen LogP contribution in [0.15, 0.2) is 22.8 Å². The van der Waals surface area contributed by atoms with Gasteiger partial charge in [0.25, 0.3) is 0 Å². The number of carboxylic acid groups (broad SMARTS) is 1. The van der Waals surface area contributed by atoms with Gasteiger partial charge in [-0.15, -0.1) is 0 Å². The van der Waals surface area contributed by atoms with Crippen molar-refractivity contribution in [3.8, 4) is 0 Å². The quantitative estimate of drug-likeness (QED) is 0.889. The largest absolute Gasteiger partial charge is 0.481 e. The van der Waals surface area contributed by atoms with Crippen molar-refractivity contribution in [3.63, 3.8) is 0 Å². The van der Waals surface area contributed by atoms with Gasteiger partial charge in [-0.3, -0.25) is 9.59 Å². The third-order valence-electron chi connectivity index (χ3n) is 4.75. The molecule has 5 heteroatoms. The van der Waals surface area contributed by atoms with Crippen molar-refractivity contribution in [3.05, 3.63) is 35.1 Å². The summed E-state index contributed by atoms with van der Waals surface area (Å²) in [6.07, 6.45) is 5.16. The molecule has 0 radical (unpaired) electrons. The number of rotatable bonds is 5. The first-order chi connectivity index (χ1) is 11.0. The third-order valence-corrected chi connectivity index (χ3v) is 4.75. The van der Waals surface area contributed by atoms with Crippen molar-refractivity contribution < 1.29 is 19.1 Å². The highest BCUT2D eigenvalue weighted by Crippen LogP contribution is 2.30. The van der Waals surface area contributed by atoms with Crippen LogP contribution in [-0.2, 0) is 28.9 Å². The van der Waals surface area contributed by atoms with E-state index >= 15 is 0 Å². The lowest BCUT2D eigenvalue weighted by Gasteiger charge is -2.17. The van der Waals surface area contributed by atoms with Gasteiger partial charge >= 0.3 is 5.97 Å². The van der Waals surface area contributed by atoms with E-state index in [1.807, 2.05) is 0 Å². The molecule has 122 valence electrons. The zero-order valence-electron chi connectivity index (χ0n) is 13.4. The van der Waals surface area contributed by atoms with Gasteiger partial charge in [-0.1, -0.05) is 0 Å². The Morgan fingerprint density at radius 1 is 1.26 bits per heavy atom. The highest BCUT2D eigenvalue weighted by Gasteiger charge is 2.22. The molecular weight excluding hydrogens is 294 g/mol. The summed E-state index contributed by atoms with van der Waals surface area (Å²) in [6, 6.07) is 3.80. The van der Waals surface area contributed by atoms with Gasteiger partial charge in [0.15, 0.2) is 0 Å². The molecule has 1 aliphatic rings. The molecule has 1 aromatic carbocycles. The van der Waals surface area contributed by atoms with Crippen LogP contribution < -0.4 is 5.32 Å². The number of hydrogen-bond donors (Lipinski definition) is 2. The Bertz CT molecular complexity index is 762. The van der Waals surface area contributed by atoms with Crippen LogP contribution in [0, 0.1) is 5.92 Å². The minimum absolute atomic E-state index is 0.186. The summed E-state index contributed by atoms with van der Waals surface area (Å²) < 4.78 is 5.59. The van der Waals surface area contributed by atoms with Crippen molar-refractivity contribution >= 4 is 22.8 Å². The lowest BCUT2D eigenvalue weighted by atomic mass is 10.0. The maximum Gasteiger partial charge on any atom is 0.308 e. The van der Waals surface area contributed by atoms with Gasteiger partial charge in [0.05, 0.1) is 18.6 Å². The van der Waals surface area contributed by atoms with Crippen molar-refractivity contribution in [1.82, 2.24) is 5.32 Å². The summed E-state index contributed by atoms with van der Waals surface area (Å²) in [6.45, 7) is 3.29. The molecule has 0 saturated heterocycles. The number of amides is 1. The normalized spacial score (nSPS) is 16.1. The molecule has 2 N–H and O–H groups in total. The lowest BCUT2D eigenvalue weighted by Crippen LogP contribution is -2.40. The number of carbonyl (C=O) groups excluding carboxylic acids is 1. The number of aryl methyl sites for hydroxylation is 2. The molecule has 2 atom stereocenters. The van der Waals surface area contributed by atoms with Crippen LogP contribution in [-0.4, -0.2) is 23.0 Å². The molecule has 0 fully saturated rings. The van der Waals surface area contributed by atoms with E-state index in [1.54, 1.807) is 20.1 Å². The van der Waals surface area contributed by atoms with Gasteiger partial charge in [-0.2, -0.15) is 0 Å². The fourth-order valence-corrected chi connectivity index (χ4v) is 3.10. The predicted molar refractivity (Wildman–Crippen MR) is 86.3 cm³/mol. The molecule has 0 spiro atoms. The monoisotopic (exact) mass is 315 g/mol. The van der Waals surface area contributed by atoms with Gasteiger partial charge in [-0.05, 0) is 56.4 Å². The average Bonchev–Trinajstić information content (AvgIpc) is 3.10. The van der Waals surface area contributed by atoms with E-state index in [0.717, 1.165) is 29.4 Å². The first kappa shape index (κ1) is 15.6. The van der Waals surface area contributed by atoms with Gasteiger partial charge in [0.2, 0.25) is 5.91 Å². The predicted octanol–water partition coefficient (Wildman–Crippen LogP) is 2.69.